The van der Waals surface area contributed by atoms with E-state index in [1.54, 1.807) is 0 Å². The van der Waals surface area contributed by atoms with Crippen molar-refractivity contribution in [3.63, 3.8) is 0 Å². The van der Waals surface area contributed by atoms with Crippen LogP contribution in [0.5, 0.6) is 5.75 Å². The quantitative estimate of drug-likeness (QED) is 0.827. The summed E-state index contributed by atoms with van der Waals surface area (Å²) in [5.41, 5.74) is 7.78. The molecule has 4 nitrogen and oxygen atoms in total. The van der Waals surface area contributed by atoms with Crippen LogP contribution in [0.4, 0.5) is 5.69 Å². The topological polar surface area (TPSA) is 47.7 Å². The molecule has 1 aromatic carbocycles. The van der Waals surface area contributed by atoms with E-state index in [0.29, 0.717) is 18.3 Å². The summed E-state index contributed by atoms with van der Waals surface area (Å²) in [6, 6.07) is 6.42. The minimum Gasteiger partial charge on any atom is -0.491 e. The van der Waals surface area contributed by atoms with Gasteiger partial charge in [-0.2, -0.15) is 0 Å². The number of rotatable bonds is 5. The predicted molar refractivity (Wildman–Crippen MR) is 77.6 cm³/mol. The Morgan fingerprint density at radius 3 is 2.84 bits per heavy atom. The van der Waals surface area contributed by atoms with E-state index >= 15 is 0 Å². The summed E-state index contributed by atoms with van der Waals surface area (Å²) in [7, 11) is 0. The SMILES string of the molecule is Cc1ccc(N)c(OCCC(C)N2CCOCC2)c1. The van der Waals surface area contributed by atoms with Crippen molar-refractivity contribution in [1.29, 1.82) is 0 Å². The summed E-state index contributed by atoms with van der Waals surface area (Å²) >= 11 is 0. The normalized spacial score (nSPS) is 18.2. The number of benzene rings is 1. The minimum absolute atomic E-state index is 0.523. The Balaban J connectivity index is 1.77. The molecule has 0 radical (unpaired) electrons. The van der Waals surface area contributed by atoms with E-state index in [4.69, 9.17) is 15.2 Å². The smallest absolute Gasteiger partial charge is 0.142 e. The number of nitrogen functional groups attached to an aromatic ring is 1. The van der Waals surface area contributed by atoms with Crippen molar-refractivity contribution in [3.8, 4) is 5.75 Å². The van der Waals surface area contributed by atoms with Gasteiger partial charge in [0.05, 0.1) is 25.5 Å². The van der Waals surface area contributed by atoms with Crippen LogP contribution in [0.1, 0.15) is 18.9 Å². The first-order valence-electron chi connectivity index (χ1n) is 6.97. The molecular weight excluding hydrogens is 240 g/mol. The standard InChI is InChI=1S/C15H24N2O2/c1-12-3-4-14(16)15(11-12)19-8-5-13(2)17-6-9-18-10-7-17/h3-4,11,13H,5-10,16H2,1-2H3. The van der Waals surface area contributed by atoms with Crippen LogP contribution in [0.25, 0.3) is 0 Å². The fourth-order valence-electron chi connectivity index (χ4n) is 2.31. The Labute approximate surface area is 115 Å². The average molecular weight is 264 g/mol. The Hall–Kier alpha value is -1.26. The van der Waals surface area contributed by atoms with Gasteiger partial charge in [-0.1, -0.05) is 6.07 Å². The third kappa shape index (κ3) is 4.11. The van der Waals surface area contributed by atoms with Gasteiger partial charge in [-0.15, -0.1) is 0 Å². The third-order valence-electron chi connectivity index (χ3n) is 3.63. The maximum atomic E-state index is 5.90. The van der Waals surface area contributed by atoms with E-state index in [1.807, 2.05) is 25.1 Å². The summed E-state index contributed by atoms with van der Waals surface area (Å²) < 4.78 is 11.2. The van der Waals surface area contributed by atoms with E-state index in [-0.39, 0.29) is 0 Å². The van der Waals surface area contributed by atoms with Gasteiger partial charge in [-0.25, -0.2) is 0 Å². The molecule has 1 aliphatic heterocycles. The first-order valence-corrected chi connectivity index (χ1v) is 6.97. The summed E-state index contributed by atoms with van der Waals surface area (Å²) in [4.78, 5) is 2.45. The molecule has 0 aromatic heterocycles. The lowest BCUT2D eigenvalue weighted by molar-refractivity contribution is 0.0162. The Morgan fingerprint density at radius 1 is 1.37 bits per heavy atom. The molecule has 1 saturated heterocycles. The average Bonchev–Trinajstić information content (AvgIpc) is 2.43. The number of hydrogen-bond acceptors (Lipinski definition) is 4. The first kappa shape index (κ1) is 14.2. The van der Waals surface area contributed by atoms with Gasteiger partial charge >= 0.3 is 0 Å². The molecule has 1 heterocycles. The van der Waals surface area contributed by atoms with Gasteiger partial charge in [0.25, 0.3) is 0 Å². The van der Waals surface area contributed by atoms with Gasteiger partial charge in [0, 0.05) is 19.1 Å². The van der Waals surface area contributed by atoms with Gasteiger partial charge in [-0.3, -0.25) is 4.90 Å². The molecule has 0 bridgehead atoms. The third-order valence-corrected chi connectivity index (χ3v) is 3.63. The van der Waals surface area contributed by atoms with Crippen LogP contribution in [0, 0.1) is 6.92 Å². The van der Waals surface area contributed by atoms with E-state index in [2.05, 4.69) is 11.8 Å². The van der Waals surface area contributed by atoms with Gasteiger partial charge in [0.15, 0.2) is 0 Å². The number of morpholine rings is 1. The van der Waals surface area contributed by atoms with Crippen molar-refractivity contribution in [2.75, 3.05) is 38.6 Å². The van der Waals surface area contributed by atoms with Crippen molar-refractivity contribution in [1.82, 2.24) is 4.90 Å². The molecule has 0 spiro atoms. The van der Waals surface area contributed by atoms with Crippen LogP contribution >= 0.6 is 0 Å². The second-order valence-corrected chi connectivity index (χ2v) is 5.18. The van der Waals surface area contributed by atoms with Crippen LogP contribution < -0.4 is 10.5 Å². The van der Waals surface area contributed by atoms with Crippen molar-refractivity contribution in [2.24, 2.45) is 0 Å². The van der Waals surface area contributed by atoms with Crippen molar-refractivity contribution < 1.29 is 9.47 Å². The number of aryl methyl sites for hydroxylation is 1. The molecule has 0 aliphatic carbocycles. The van der Waals surface area contributed by atoms with Gasteiger partial charge in [0.2, 0.25) is 0 Å². The van der Waals surface area contributed by atoms with E-state index in [1.165, 1.54) is 5.56 Å². The lowest BCUT2D eigenvalue weighted by Gasteiger charge is -2.32. The molecule has 0 amide bonds. The zero-order valence-corrected chi connectivity index (χ0v) is 11.9. The Kier molecular flexibility index (Phi) is 5.05. The van der Waals surface area contributed by atoms with Gasteiger partial charge < -0.3 is 15.2 Å². The van der Waals surface area contributed by atoms with Crippen LogP contribution in [0.3, 0.4) is 0 Å². The molecule has 1 atom stereocenters. The van der Waals surface area contributed by atoms with Crippen LogP contribution in [0.2, 0.25) is 0 Å². The minimum atomic E-state index is 0.523. The van der Waals surface area contributed by atoms with Gasteiger partial charge in [-0.05, 0) is 38.0 Å². The monoisotopic (exact) mass is 264 g/mol. The molecule has 2 rings (SSSR count). The highest BCUT2D eigenvalue weighted by molar-refractivity contribution is 5.53. The second kappa shape index (κ2) is 6.78. The maximum Gasteiger partial charge on any atom is 0.142 e. The lowest BCUT2D eigenvalue weighted by Crippen LogP contribution is -2.42. The molecule has 1 unspecified atom stereocenters. The first-order chi connectivity index (χ1) is 9.16. The number of anilines is 1. The van der Waals surface area contributed by atoms with Crippen molar-refractivity contribution in [3.05, 3.63) is 23.8 Å². The largest absolute Gasteiger partial charge is 0.491 e. The van der Waals surface area contributed by atoms with Crippen LogP contribution in [0.15, 0.2) is 18.2 Å². The number of hydrogen-bond donors (Lipinski definition) is 1. The lowest BCUT2D eigenvalue weighted by atomic mass is 10.2. The summed E-state index contributed by atoms with van der Waals surface area (Å²) in [6.07, 6.45) is 1.01. The zero-order chi connectivity index (χ0) is 13.7. The highest BCUT2D eigenvalue weighted by Crippen LogP contribution is 2.22. The van der Waals surface area contributed by atoms with Crippen LogP contribution in [-0.4, -0.2) is 43.9 Å². The fraction of sp³-hybridized carbons (Fsp3) is 0.600. The maximum absolute atomic E-state index is 5.90. The molecule has 106 valence electrons. The molecule has 0 saturated carbocycles. The van der Waals surface area contributed by atoms with Crippen molar-refractivity contribution in [2.45, 2.75) is 26.3 Å². The van der Waals surface area contributed by atoms with E-state index < -0.39 is 0 Å². The van der Waals surface area contributed by atoms with E-state index in [0.717, 1.165) is 38.5 Å². The number of nitrogens with two attached hydrogens (primary N) is 1. The van der Waals surface area contributed by atoms with Crippen LogP contribution in [-0.2, 0) is 4.74 Å². The van der Waals surface area contributed by atoms with Crippen molar-refractivity contribution >= 4 is 5.69 Å². The zero-order valence-electron chi connectivity index (χ0n) is 11.9. The van der Waals surface area contributed by atoms with E-state index in [9.17, 15) is 0 Å². The second-order valence-electron chi connectivity index (χ2n) is 5.18. The number of ether oxygens (including phenoxy) is 2. The predicted octanol–water partition coefficient (Wildman–Crippen LogP) is 2.07. The molecule has 2 N–H and O–H groups in total. The highest BCUT2D eigenvalue weighted by atomic mass is 16.5. The number of nitrogens with zero attached hydrogens (tertiary/aromatic N) is 1. The summed E-state index contributed by atoms with van der Waals surface area (Å²) in [5, 5.41) is 0. The molecular formula is C15H24N2O2. The molecule has 1 aromatic rings. The fourth-order valence-corrected chi connectivity index (χ4v) is 2.31. The summed E-state index contributed by atoms with van der Waals surface area (Å²) in [5.74, 6) is 0.800. The Bertz CT molecular complexity index is 403. The summed E-state index contributed by atoms with van der Waals surface area (Å²) in [6.45, 7) is 8.72. The molecule has 1 aliphatic rings. The molecule has 1 fully saturated rings. The molecule has 4 heteroatoms. The highest BCUT2D eigenvalue weighted by Gasteiger charge is 2.16. The Morgan fingerprint density at radius 2 is 2.11 bits per heavy atom. The van der Waals surface area contributed by atoms with Gasteiger partial charge in [0.1, 0.15) is 5.75 Å². The molecule has 19 heavy (non-hydrogen) atoms.